The maximum absolute atomic E-state index is 13.0. The fourth-order valence-electron chi connectivity index (χ4n) is 3.84. The lowest BCUT2D eigenvalue weighted by Crippen LogP contribution is -2.15. The van der Waals surface area contributed by atoms with Gasteiger partial charge in [-0.05, 0) is 48.6 Å². The number of nitriles is 1. The number of rotatable bonds is 6. The second kappa shape index (κ2) is 10.3. The number of ether oxygens (including phenoxy) is 4. The van der Waals surface area contributed by atoms with E-state index in [2.05, 4.69) is 13.8 Å². The normalized spacial score (nSPS) is 12.3. The molecule has 3 aromatic rings. The van der Waals surface area contributed by atoms with Gasteiger partial charge in [-0.3, -0.25) is 0 Å². The Morgan fingerprint density at radius 3 is 2.60 bits per heavy atom. The Bertz CT molecular complexity index is 1310. The van der Waals surface area contributed by atoms with Crippen LogP contribution in [0.5, 0.6) is 23.0 Å². The first-order chi connectivity index (χ1) is 16.9. The van der Waals surface area contributed by atoms with Crippen molar-refractivity contribution < 1.29 is 28.5 Å². The van der Waals surface area contributed by atoms with Crippen molar-refractivity contribution in [1.29, 1.82) is 5.26 Å². The highest BCUT2D eigenvalue weighted by Gasteiger charge is 2.29. The SMILES string of the molecule is COc1c(CCC(C)C)ccc2c1C(=O)OCc1cc(C#N)cc(OC(=O)c3ccccc3)c1O2. The summed E-state index contributed by atoms with van der Waals surface area (Å²) in [6, 6.07) is 17.0. The molecule has 1 aliphatic heterocycles. The Labute approximate surface area is 203 Å². The average molecular weight is 472 g/mol. The molecule has 0 saturated carbocycles. The quantitative estimate of drug-likeness (QED) is 0.329. The molecule has 0 aromatic heterocycles. The van der Waals surface area contributed by atoms with Crippen LogP contribution in [-0.4, -0.2) is 19.0 Å². The average Bonchev–Trinajstić information content (AvgIpc) is 2.86. The van der Waals surface area contributed by atoms with Gasteiger partial charge in [0.15, 0.2) is 11.5 Å². The molecule has 1 heterocycles. The van der Waals surface area contributed by atoms with E-state index in [0.717, 1.165) is 18.4 Å². The molecule has 7 heteroatoms. The van der Waals surface area contributed by atoms with Gasteiger partial charge in [-0.2, -0.15) is 5.26 Å². The highest BCUT2D eigenvalue weighted by atomic mass is 16.6. The van der Waals surface area contributed by atoms with Crippen molar-refractivity contribution in [2.75, 3.05) is 7.11 Å². The highest BCUT2D eigenvalue weighted by Crippen LogP contribution is 2.43. The van der Waals surface area contributed by atoms with Gasteiger partial charge in [0.2, 0.25) is 0 Å². The van der Waals surface area contributed by atoms with E-state index in [1.165, 1.54) is 13.2 Å². The van der Waals surface area contributed by atoms with E-state index in [-0.39, 0.29) is 35.0 Å². The molecular formula is C28H25NO6. The zero-order chi connectivity index (χ0) is 24.9. The standard InChI is InChI=1S/C28H25NO6/c1-17(2)9-10-19-11-12-22-24(26(19)32-3)28(31)33-16-21-13-18(15-29)14-23(25(21)34-22)35-27(30)20-7-5-4-6-8-20/h4-8,11-14,17H,9-10,16H2,1-3H3. The van der Waals surface area contributed by atoms with Crippen LogP contribution in [-0.2, 0) is 17.8 Å². The minimum atomic E-state index is -0.604. The van der Waals surface area contributed by atoms with Crippen LogP contribution < -0.4 is 14.2 Å². The van der Waals surface area contributed by atoms with E-state index in [0.29, 0.717) is 22.8 Å². The van der Waals surface area contributed by atoms with Crippen LogP contribution in [0.1, 0.15) is 57.7 Å². The van der Waals surface area contributed by atoms with E-state index in [4.69, 9.17) is 18.9 Å². The second-order valence-corrected chi connectivity index (χ2v) is 8.57. The predicted octanol–water partition coefficient (Wildman–Crippen LogP) is 5.84. The number of methoxy groups -OCH3 is 1. The molecule has 0 fully saturated rings. The van der Waals surface area contributed by atoms with E-state index in [1.807, 2.05) is 12.1 Å². The number of nitrogens with zero attached hydrogens (tertiary/aromatic N) is 1. The van der Waals surface area contributed by atoms with Gasteiger partial charge in [0.25, 0.3) is 0 Å². The van der Waals surface area contributed by atoms with Gasteiger partial charge < -0.3 is 18.9 Å². The molecule has 0 unspecified atom stereocenters. The summed E-state index contributed by atoms with van der Waals surface area (Å²) in [6.07, 6.45) is 1.65. The largest absolute Gasteiger partial charge is 0.495 e. The molecule has 0 spiro atoms. The van der Waals surface area contributed by atoms with Crippen molar-refractivity contribution >= 4 is 11.9 Å². The molecule has 4 rings (SSSR count). The predicted molar refractivity (Wildman–Crippen MR) is 128 cm³/mol. The molecule has 1 aliphatic rings. The summed E-state index contributed by atoms with van der Waals surface area (Å²) in [4.78, 5) is 25.8. The summed E-state index contributed by atoms with van der Waals surface area (Å²) in [7, 11) is 1.50. The van der Waals surface area contributed by atoms with Crippen LogP contribution in [0.3, 0.4) is 0 Å². The number of esters is 2. The molecule has 3 aromatic carbocycles. The van der Waals surface area contributed by atoms with Gasteiger partial charge in [0, 0.05) is 11.6 Å². The molecule has 0 N–H and O–H groups in total. The summed E-state index contributed by atoms with van der Waals surface area (Å²) < 4.78 is 23.0. The van der Waals surface area contributed by atoms with Crippen molar-refractivity contribution in [3.8, 4) is 29.1 Å². The van der Waals surface area contributed by atoms with Crippen LogP contribution in [0.2, 0.25) is 0 Å². The van der Waals surface area contributed by atoms with E-state index in [9.17, 15) is 14.9 Å². The first-order valence-corrected chi connectivity index (χ1v) is 11.3. The number of benzene rings is 3. The van der Waals surface area contributed by atoms with Crippen LogP contribution >= 0.6 is 0 Å². The minimum Gasteiger partial charge on any atom is -0.495 e. The van der Waals surface area contributed by atoms with Crippen LogP contribution in [0.4, 0.5) is 0 Å². The van der Waals surface area contributed by atoms with Crippen LogP contribution in [0.15, 0.2) is 54.6 Å². The maximum atomic E-state index is 13.0. The summed E-state index contributed by atoms with van der Waals surface area (Å²) in [5.74, 6) is 0.133. The number of aryl methyl sites for hydroxylation is 1. The van der Waals surface area contributed by atoms with Crippen molar-refractivity contribution in [3.05, 3.63) is 82.4 Å². The first-order valence-electron chi connectivity index (χ1n) is 11.3. The maximum Gasteiger partial charge on any atom is 0.346 e. The lowest BCUT2D eigenvalue weighted by molar-refractivity contribution is 0.0452. The van der Waals surface area contributed by atoms with Gasteiger partial charge in [-0.15, -0.1) is 0 Å². The van der Waals surface area contributed by atoms with Crippen molar-refractivity contribution in [2.24, 2.45) is 5.92 Å². The fraction of sp³-hybridized carbons (Fsp3) is 0.250. The van der Waals surface area contributed by atoms with E-state index in [1.54, 1.807) is 42.5 Å². The third-order valence-electron chi connectivity index (χ3n) is 5.64. The minimum absolute atomic E-state index is 0.0552. The first kappa shape index (κ1) is 23.8. The van der Waals surface area contributed by atoms with Gasteiger partial charge in [0.1, 0.15) is 23.7 Å². The molecular weight excluding hydrogens is 446 g/mol. The Hall–Kier alpha value is -4.31. The molecule has 0 bridgehead atoms. The zero-order valence-electron chi connectivity index (χ0n) is 19.8. The summed E-state index contributed by atoms with van der Waals surface area (Å²) in [5.41, 5.74) is 2.03. The van der Waals surface area contributed by atoms with Crippen molar-refractivity contribution in [3.63, 3.8) is 0 Å². The monoisotopic (exact) mass is 471 g/mol. The molecule has 0 aliphatic carbocycles. The smallest absolute Gasteiger partial charge is 0.346 e. The van der Waals surface area contributed by atoms with Gasteiger partial charge in [-0.25, -0.2) is 9.59 Å². The van der Waals surface area contributed by atoms with Crippen LogP contribution in [0, 0.1) is 17.2 Å². The highest BCUT2D eigenvalue weighted by molar-refractivity contribution is 5.97. The lowest BCUT2D eigenvalue weighted by Gasteiger charge is -2.23. The van der Waals surface area contributed by atoms with E-state index >= 15 is 0 Å². The Kier molecular flexibility index (Phi) is 7.02. The molecule has 0 atom stereocenters. The number of carbonyl (C=O) groups is 2. The van der Waals surface area contributed by atoms with Gasteiger partial charge in [0.05, 0.1) is 24.3 Å². The number of fused-ring (bicyclic) bond motifs is 2. The number of carbonyl (C=O) groups excluding carboxylic acids is 2. The lowest BCUT2D eigenvalue weighted by atomic mass is 9.99. The van der Waals surface area contributed by atoms with Gasteiger partial charge >= 0.3 is 11.9 Å². The Balaban J connectivity index is 1.79. The molecule has 0 amide bonds. The molecule has 0 radical (unpaired) electrons. The fourth-order valence-corrected chi connectivity index (χ4v) is 3.84. The third kappa shape index (κ3) is 5.12. The Morgan fingerprint density at radius 1 is 1.14 bits per heavy atom. The summed E-state index contributed by atoms with van der Waals surface area (Å²) >= 11 is 0. The van der Waals surface area contributed by atoms with Crippen molar-refractivity contribution in [1.82, 2.24) is 0 Å². The summed E-state index contributed by atoms with van der Waals surface area (Å²) in [6.45, 7) is 4.09. The number of hydrogen-bond acceptors (Lipinski definition) is 7. The molecule has 178 valence electrons. The number of hydrogen-bond donors (Lipinski definition) is 0. The second-order valence-electron chi connectivity index (χ2n) is 8.57. The van der Waals surface area contributed by atoms with Crippen LogP contribution in [0.25, 0.3) is 0 Å². The molecule has 35 heavy (non-hydrogen) atoms. The van der Waals surface area contributed by atoms with E-state index < -0.39 is 11.9 Å². The molecule has 0 saturated heterocycles. The Morgan fingerprint density at radius 2 is 1.91 bits per heavy atom. The summed E-state index contributed by atoms with van der Waals surface area (Å²) in [5, 5.41) is 9.48. The van der Waals surface area contributed by atoms with Crippen molar-refractivity contribution in [2.45, 2.75) is 33.3 Å². The number of cyclic esters (lactones) is 1. The molecule has 7 nitrogen and oxygen atoms in total. The van der Waals surface area contributed by atoms with Gasteiger partial charge in [-0.1, -0.05) is 38.1 Å². The zero-order valence-corrected chi connectivity index (χ0v) is 19.8. The third-order valence-corrected chi connectivity index (χ3v) is 5.64. The topological polar surface area (TPSA) is 94.9 Å².